The molecule has 2 heterocycles. The van der Waals surface area contributed by atoms with Crippen LogP contribution in [0.15, 0.2) is 16.6 Å². The maximum absolute atomic E-state index is 12.0. The van der Waals surface area contributed by atoms with Gasteiger partial charge in [-0.2, -0.15) is 0 Å². The van der Waals surface area contributed by atoms with Crippen molar-refractivity contribution < 1.29 is 15.0 Å². The maximum atomic E-state index is 12.0. The van der Waals surface area contributed by atoms with E-state index in [4.69, 9.17) is 0 Å². The van der Waals surface area contributed by atoms with E-state index in [-0.39, 0.29) is 11.9 Å². The topological polar surface area (TPSA) is 84.8 Å². The number of rotatable bonds is 3. The molecule has 2 aliphatic rings. The van der Waals surface area contributed by atoms with Crippen molar-refractivity contribution in [3.8, 4) is 0 Å². The summed E-state index contributed by atoms with van der Waals surface area (Å²) in [6, 6.07) is 3.48. The fourth-order valence-electron chi connectivity index (χ4n) is 2.89. The minimum atomic E-state index is -0.741. The van der Waals surface area contributed by atoms with E-state index in [1.807, 2.05) is 24.0 Å². The normalized spacial score (nSPS) is 27.9. The quantitative estimate of drug-likeness (QED) is 0.637. The summed E-state index contributed by atoms with van der Waals surface area (Å²) in [5.74, 6) is -0.0580. The molecule has 0 aromatic heterocycles. The van der Waals surface area contributed by atoms with Crippen LogP contribution in [0.25, 0.3) is 0 Å². The first kappa shape index (κ1) is 14.8. The summed E-state index contributed by atoms with van der Waals surface area (Å²) in [5.41, 5.74) is 2.56. The molecule has 7 heteroatoms. The predicted octanol–water partition coefficient (Wildman–Crippen LogP) is 0.594. The Morgan fingerprint density at radius 2 is 2.05 bits per heavy atom. The zero-order valence-electron chi connectivity index (χ0n) is 11.6. The van der Waals surface area contributed by atoms with Crippen LogP contribution in [0.2, 0.25) is 0 Å². The van der Waals surface area contributed by atoms with Gasteiger partial charge in [-0.05, 0) is 34.6 Å². The number of hydrogen-bond donors (Lipinski definition) is 4. The van der Waals surface area contributed by atoms with Crippen molar-refractivity contribution in [2.45, 2.75) is 25.2 Å². The van der Waals surface area contributed by atoms with E-state index in [9.17, 15) is 15.0 Å². The van der Waals surface area contributed by atoms with Gasteiger partial charge in [0.15, 0.2) is 0 Å². The van der Waals surface area contributed by atoms with Crippen LogP contribution in [0.4, 0.5) is 11.4 Å². The largest absolute Gasteiger partial charge is 0.389 e. The molecule has 1 amide bonds. The van der Waals surface area contributed by atoms with E-state index in [2.05, 4.69) is 26.6 Å². The van der Waals surface area contributed by atoms with Gasteiger partial charge in [0.25, 0.3) is 0 Å². The molecular formula is C14H18BrN3O3. The average molecular weight is 356 g/mol. The number of benzene rings is 1. The van der Waals surface area contributed by atoms with Crippen molar-refractivity contribution in [3.05, 3.63) is 22.2 Å². The highest BCUT2D eigenvalue weighted by Gasteiger charge is 2.34. The molecule has 1 saturated heterocycles. The van der Waals surface area contributed by atoms with Gasteiger partial charge in [0.1, 0.15) is 6.04 Å². The van der Waals surface area contributed by atoms with E-state index >= 15 is 0 Å². The minimum Gasteiger partial charge on any atom is -0.389 e. The van der Waals surface area contributed by atoms with Gasteiger partial charge in [0.05, 0.1) is 17.9 Å². The first-order chi connectivity index (χ1) is 10.0. The summed E-state index contributed by atoms with van der Waals surface area (Å²) < 4.78 is 0.849. The first-order valence-corrected chi connectivity index (χ1v) is 7.79. The molecule has 21 heavy (non-hydrogen) atoms. The van der Waals surface area contributed by atoms with Gasteiger partial charge in [0.2, 0.25) is 5.91 Å². The SMILES string of the molecule is CCNC1C(=O)Nc2cc(N3CC(O)C(O)C3)c(Br)cc21. The van der Waals surface area contributed by atoms with Crippen LogP contribution in [0, 0.1) is 0 Å². The Balaban J connectivity index is 1.93. The summed E-state index contributed by atoms with van der Waals surface area (Å²) in [6.45, 7) is 3.43. The Bertz CT molecular complexity index is 571. The number of nitrogens with zero attached hydrogens (tertiary/aromatic N) is 1. The minimum absolute atomic E-state index is 0.0580. The molecule has 6 nitrogen and oxygen atoms in total. The van der Waals surface area contributed by atoms with Crippen LogP contribution >= 0.6 is 15.9 Å². The zero-order valence-corrected chi connectivity index (χ0v) is 13.2. The second kappa shape index (κ2) is 5.57. The zero-order chi connectivity index (χ0) is 15.1. The number of carbonyl (C=O) groups is 1. The van der Waals surface area contributed by atoms with Gasteiger partial charge in [0, 0.05) is 28.8 Å². The van der Waals surface area contributed by atoms with Crippen molar-refractivity contribution in [1.29, 1.82) is 0 Å². The Labute approximate surface area is 131 Å². The van der Waals surface area contributed by atoms with Gasteiger partial charge in [-0.25, -0.2) is 0 Å². The molecule has 0 bridgehead atoms. The Kier molecular flexibility index (Phi) is 3.92. The third-order valence-corrected chi connectivity index (χ3v) is 4.59. The number of halogens is 1. The summed E-state index contributed by atoms with van der Waals surface area (Å²) in [7, 11) is 0. The van der Waals surface area contributed by atoms with E-state index < -0.39 is 12.2 Å². The molecule has 0 spiro atoms. The smallest absolute Gasteiger partial charge is 0.246 e. The monoisotopic (exact) mass is 355 g/mol. The molecule has 1 aromatic carbocycles. The lowest BCUT2D eigenvalue weighted by atomic mass is 10.1. The molecule has 1 aromatic rings. The van der Waals surface area contributed by atoms with Gasteiger partial charge in [-0.1, -0.05) is 6.92 Å². The maximum Gasteiger partial charge on any atom is 0.246 e. The van der Waals surface area contributed by atoms with Crippen LogP contribution < -0.4 is 15.5 Å². The predicted molar refractivity (Wildman–Crippen MR) is 83.4 cm³/mol. The number of amides is 1. The average Bonchev–Trinajstić information content (AvgIpc) is 2.91. The highest BCUT2D eigenvalue weighted by Crippen LogP contribution is 2.39. The molecule has 3 rings (SSSR count). The van der Waals surface area contributed by atoms with Gasteiger partial charge in [-0.3, -0.25) is 4.79 Å². The second-order valence-corrected chi connectivity index (χ2v) is 6.26. The fraction of sp³-hybridized carbons (Fsp3) is 0.500. The number of carbonyl (C=O) groups excluding carboxylic acids is 1. The summed E-state index contributed by atoms with van der Waals surface area (Å²) >= 11 is 3.53. The number of aliphatic hydroxyl groups excluding tert-OH is 2. The van der Waals surface area contributed by atoms with Crippen LogP contribution in [-0.2, 0) is 4.79 Å². The molecule has 3 unspecified atom stereocenters. The lowest BCUT2D eigenvalue weighted by molar-refractivity contribution is -0.117. The highest BCUT2D eigenvalue weighted by molar-refractivity contribution is 9.10. The molecule has 0 saturated carbocycles. The van der Waals surface area contributed by atoms with E-state index in [1.165, 1.54) is 0 Å². The van der Waals surface area contributed by atoms with Gasteiger partial charge in [-0.15, -0.1) is 0 Å². The number of aliphatic hydroxyl groups is 2. The number of nitrogens with one attached hydrogen (secondary N) is 2. The third kappa shape index (κ3) is 2.55. The lowest BCUT2D eigenvalue weighted by Gasteiger charge is -2.21. The van der Waals surface area contributed by atoms with Crippen LogP contribution in [-0.4, -0.2) is 48.0 Å². The van der Waals surface area contributed by atoms with Crippen LogP contribution in [0.1, 0.15) is 18.5 Å². The highest BCUT2D eigenvalue weighted by atomic mass is 79.9. The van der Waals surface area contributed by atoms with Gasteiger partial charge >= 0.3 is 0 Å². The molecule has 2 aliphatic heterocycles. The lowest BCUT2D eigenvalue weighted by Crippen LogP contribution is -2.27. The van der Waals surface area contributed by atoms with E-state index in [0.717, 1.165) is 21.4 Å². The Hall–Kier alpha value is -1.15. The van der Waals surface area contributed by atoms with Crippen LogP contribution in [0.3, 0.4) is 0 Å². The molecular weight excluding hydrogens is 338 g/mol. The standard InChI is InChI=1S/C14H18BrN3O3/c1-2-16-13-7-3-8(15)10(4-9(7)17-14(13)21)18-5-11(19)12(20)6-18/h3-4,11-13,16,19-20H,2,5-6H2,1H3,(H,17,21). The van der Waals surface area contributed by atoms with Crippen LogP contribution in [0.5, 0.6) is 0 Å². The number of β-amino-alcohol motifs (C(OH)–C–C–N with tert-alkyl or cyclic N) is 2. The van der Waals surface area contributed by atoms with E-state index in [0.29, 0.717) is 19.6 Å². The van der Waals surface area contributed by atoms with Crippen molar-refractivity contribution in [3.63, 3.8) is 0 Å². The third-order valence-electron chi connectivity index (χ3n) is 3.96. The molecule has 1 fully saturated rings. The Morgan fingerprint density at radius 3 is 2.67 bits per heavy atom. The van der Waals surface area contributed by atoms with Crippen molar-refractivity contribution in [2.75, 3.05) is 29.9 Å². The molecule has 0 aliphatic carbocycles. The van der Waals surface area contributed by atoms with Crippen molar-refractivity contribution in [1.82, 2.24) is 5.32 Å². The molecule has 3 atom stereocenters. The molecule has 0 radical (unpaired) electrons. The van der Waals surface area contributed by atoms with E-state index in [1.54, 1.807) is 0 Å². The van der Waals surface area contributed by atoms with Gasteiger partial charge < -0.3 is 25.7 Å². The summed E-state index contributed by atoms with van der Waals surface area (Å²) in [6.07, 6.45) is -1.48. The van der Waals surface area contributed by atoms with Crippen molar-refractivity contribution in [2.24, 2.45) is 0 Å². The summed E-state index contributed by atoms with van der Waals surface area (Å²) in [4.78, 5) is 13.9. The number of hydrogen-bond acceptors (Lipinski definition) is 5. The molecule has 114 valence electrons. The number of anilines is 2. The summed E-state index contributed by atoms with van der Waals surface area (Å²) in [5, 5.41) is 25.4. The second-order valence-electron chi connectivity index (χ2n) is 5.41. The number of likely N-dealkylation sites (N-methyl/N-ethyl adjacent to an activating group) is 1. The first-order valence-electron chi connectivity index (χ1n) is 7.00. The Morgan fingerprint density at radius 1 is 1.38 bits per heavy atom. The number of fused-ring (bicyclic) bond motifs is 1. The van der Waals surface area contributed by atoms with Crippen molar-refractivity contribution >= 4 is 33.2 Å². The fourth-order valence-corrected chi connectivity index (χ4v) is 3.50. The molecule has 4 N–H and O–H groups in total.